The van der Waals surface area contributed by atoms with Gasteiger partial charge in [-0.1, -0.05) is 66.2 Å². The second-order valence-electron chi connectivity index (χ2n) is 6.13. The van der Waals surface area contributed by atoms with E-state index in [1.165, 1.54) is 0 Å². The third-order valence-corrected chi connectivity index (χ3v) is 4.31. The van der Waals surface area contributed by atoms with E-state index in [-0.39, 0.29) is 17.3 Å². The number of nitrogens with zero attached hydrogens (tertiary/aromatic N) is 2. The average molecular weight is 340 g/mol. The lowest BCUT2D eigenvalue weighted by Crippen LogP contribution is -2.12. The third-order valence-electron chi connectivity index (χ3n) is 4.31. The summed E-state index contributed by atoms with van der Waals surface area (Å²) in [5.74, 6) is -0.479. The Kier molecular flexibility index (Phi) is 3.93. The van der Waals surface area contributed by atoms with Crippen LogP contribution in [0.4, 0.5) is 0 Å². The molecular formula is C22H16N2O2. The molecule has 126 valence electrons. The maximum atomic E-state index is 13.2. The van der Waals surface area contributed by atoms with Gasteiger partial charge < -0.3 is 0 Å². The van der Waals surface area contributed by atoms with E-state index >= 15 is 0 Å². The summed E-state index contributed by atoms with van der Waals surface area (Å²) < 4.78 is 1.68. The molecule has 0 fully saturated rings. The van der Waals surface area contributed by atoms with E-state index in [0.717, 1.165) is 5.56 Å². The predicted octanol–water partition coefficient (Wildman–Crippen LogP) is 4.10. The molecule has 4 rings (SSSR count). The number of pyridine rings is 1. The minimum absolute atomic E-state index is 0.174. The minimum atomic E-state index is -0.259. The topological polar surface area (TPSA) is 51.4 Å². The monoisotopic (exact) mass is 340 g/mol. The van der Waals surface area contributed by atoms with Crippen molar-refractivity contribution >= 4 is 17.2 Å². The third kappa shape index (κ3) is 2.71. The zero-order chi connectivity index (χ0) is 18.1. The fraction of sp³-hybridized carbons (Fsp3) is 0.0455. The zero-order valence-electron chi connectivity index (χ0n) is 14.2. The first-order valence-corrected chi connectivity index (χ1v) is 8.33. The number of aromatic nitrogens is 2. The Labute approximate surface area is 150 Å². The molecule has 0 saturated carbocycles. The number of hydrogen-bond donors (Lipinski definition) is 0. The molecule has 2 heterocycles. The van der Waals surface area contributed by atoms with Crippen molar-refractivity contribution in [3.63, 3.8) is 0 Å². The van der Waals surface area contributed by atoms with Gasteiger partial charge in [0.1, 0.15) is 17.0 Å². The number of aryl methyl sites for hydroxylation is 1. The van der Waals surface area contributed by atoms with Gasteiger partial charge in [0.25, 0.3) is 0 Å². The van der Waals surface area contributed by atoms with Gasteiger partial charge in [-0.05, 0) is 19.1 Å². The van der Waals surface area contributed by atoms with Crippen molar-refractivity contribution in [2.45, 2.75) is 6.92 Å². The molecule has 0 bridgehead atoms. The van der Waals surface area contributed by atoms with Crippen LogP contribution in [0.3, 0.4) is 0 Å². The molecule has 0 radical (unpaired) electrons. The second-order valence-corrected chi connectivity index (χ2v) is 6.13. The first kappa shape index (κ1) is 16.0. The Balaban J connectivity index is 1.91. The highest BCUT2D eigenvalue weighted by atomic mass is 16.1. The summed E-state index contributed by atoms with van der Waals surface area (Å²) >= 11 is 0. The Morgan fingerprint density at radius 3 is 2.15 bits per heavy atom. The summed E-state index contributed by atoms with van der Waals surface area (Å²) in [6.45, 7) is 1.97. The SMILES string of the molecule is Cc1ccc(C(=O)c2c(C(=O)c3ccccc3)nc3ccccn23)cc1. The van der Waals surface area contributed by atoms with E-state index < -0.39 is 0 Å². The summed E-state index contributed by atoms with van der Waals surface area (Å²) in [5, 5.41) is 0. The molecular weight excluding hydrogens is 324 g/mol. The quantitative estimate of drug-likeness (QED) is 0.526. The van der Waals surface area contributed by atoms with Crippen molar-refractivity contribution in [1.82, 2.24) is 9.38 Å². The summed E-state index contributed by atoms with van der Waals surface area (Å²) in [4.78, 5) is 30.6. The zero-order valence-corrected chi connectivity index (χ0v) is 14.2. The highest BCUT2D eigenvalue weighted by Crippen LogP contribution is 2.20. The van der Waals surface area contributed by atoms with Crippen molar-refractivity contribution in [3.05, 3.63) is 107 Å². The van der Waals surface area contributed by atoms with Gasteiger partial charge in [0, 0.05) is 17.3 Å². The van der Waals surface area contributed by atoms with Crippen LogP contribution in [-0.4, -0.2) is 21.0 Å². The average Bonchev–Trinajstić information content (AvgIpc) is 3.07. The lowest BCUT2D eigenvalue weighted by Gasteiger charge is -2.05. The van der Waals surface area contributed by atoms with Crippen LogP contribution in [0.1, 0.15) is 37.7 Å². The van der Waals surface area contributed by atoms with Gasteiger partial charge in [-0.3, -0.25) is 14.0 Å². The van der Waals surface area contributed by atoms with Crippen LogP contribution in [0.15, 0.2) is 79.0 Å². The lowest BCUT2D eigenvalue weighted by atomic mass is 10.0. The molecule has 4 aromatic rings. The molecule has 0 aliphatic rings. The molecule has 2 aromatic heterocycles. The van der Waals surface area contributed by atoms with Gasteiger partial charge in [0.05, 0.1) is 0 Å². The smallest absolute Gasteiger partial charge is 0.213 e. The van der Waals surface area contributed by atoms with Gasteiger partial charge in [-0.25, -0.2) is 4.98 Å². The van der Waals surface area contributed by atoms with Crippen LogP contribution in [0.5, 0.6) is 0 Å². The lowest BCUT2D eigenvalue weighted by molar-refractivity contribution is 0.0997. The Hall–Kier alpha value is -3.53. The fourth-order valence-corrected chi connectivity index (χ4v) is 2.94. The number of carbonyl (C=O) groups is 2. The largest absolute Gasteiger partial charge is 0.296 e. The van der Waals surface area contributed by atoms with E-state index in [1.807, 2.05) is 37.3 Å². The molecule has 0 amide bonds. The van der Waals surface area contributed by atoms with Gasteiger partial charge in [0.15, 0.2) is 0 Å². The predicted molar refractivity (Wildman–Crippen MR) is 99.7 cm³/mol. The van der Waals surface area contributed by atoms with E-state index in [9.17, 15) is 9.59 Å². The number of imidazole rings is 1. The van der Waals surface area contributed by atoms with Crippen LogP contribution >= 0.6 is 0 Å². The molecule has 0 spiro atoms. The van der Waals surface area contributed by atoms with Crippen LogP contribution in [0, 0.1) is 6.92 Å². The first-order valence-electron chi connectivity index (χ1n) is 8.33. The van der Waals surface area contributed by atoms with Crippen LogP contribution in [-0.2, 0) is 0 Å². The second kappa shape index (κ2) is 6.41. The fourth-order valence-electron chi connectivity index (χ4n) is 2.94. The summed E-state index contributed by atoms with van der Waals surface area (Å²) in [6.07, 6.45) is 1.76. The molecule has 0 aliphatic heterocycles. The maximum absolute atomic E-state index is 13.2. The highest BCUT2D eigenvalue weighted by molar-refractivity contribution is 6.18. The van der Waals surface area contributed by atoms with Crippen molar-refractivity contribution in [2.75, 3.05) is 0 Å². The van der Waals surface area contributed by atoms with E-state index in [2.05, 4.69) is 4.98 Å². The number of carbonyl (C=O) groups excluding carboxylic acids is 2. The number of ketones is 2. The van der Waals surface area contributed by atoms with E-state index in [0.29, 0.717) is 22.5 Å². The van der Waals surface area contributed by atoms with Crippen molar-refractivity contribution in [2.24, 2.45) is 0 Å². The number of fused-ring (bicyclic) bond motifs is 1. The number of benzene rings is 2. The van der Waals surface area contributed by atoms with Crippen molar-refractivity contribution in [1.29, 1.82) is 0 Å². The summed E-state index contributed by atoms with van der Waals surface area (Å²) in [6, 6.07) is 21.6. The Morgan fingerprint density at radius 1 is 0.769 bits per heavy atom. The Bertz CT molecular complexity index is 1110. The molecule has 0 atom stereocenters. The van der Waals surface area contributed by atoms with Crippen molar-refractivity contribution in [3.8, 4) is 0 Å². The van der Waals surface area contributed by atoms with Gasteiger partial charge in [-0.2, -0.15) is 0 Å². The summed E-state index contributed by atoms with van der Waals surface area (Å²) in [7, 11) is 0. The standard InChI is InChI=1S/C22H16N2O2/c1-15-10-12-17(13-11-15)22(26)20-19(21(25)16-7-3-2-4-8-16)23-18-9-5-6-14-24(18)20/h2-14H,1H3. The molecule has 0 saturated heterocycles. The van der Waals surface area contributed by atoms with E-state index in [1.54, 1.807) is 53.1 Å². The van der Waals surface area contributed by atoms with Gasteiger partial charge >= 0.3 is 0 Å². The number of hydrogen-bond acceptors (Lipinski definition) is 3. The minimum Gasteiger partial charge on any atom is -0.296 e. The van der Waals surface area contributed by atoms with E-state index in [4.69, 9.17) is 0 Å². The highest BCUT2D eigenvalue weighted by Gasteiger charge is 2.25. The normalized spacial score (nSPS) is 10.8. The van der Waals surface area contributed by atoms with Gasteiger partial charge in [-0.15, -0.1) is 0 Å². The molecule has 4 heteroatoms. The first-order chi connectivity index (χ1) is 12.6. The van der Waals surface area contributed by atoms with Crippen LogP contribution in [0.25, 0.3) is 5.65 Å². The van der Waals surface area contributed by atoms with Crippen LogP contribution in [0.2, 0.25) is 0 Å². The molecule has 0 N–H and O–H groups in total. The number of rotatable bonds is 4. The molecule has 0 unspecified atom stereocenters. The van der Waals surface area contributed by atoms with Crippen LogP contribution < -0.4 is 0 Å². The van der Waals surface area contributed by atoms with Crippen molar-refractivity contribution < 1.29 is 9.59 Å². The summed E-state index contributed by atoms with van der Waals surface area (Å²) in [5.41, 5.74) is 3.14. The maximum Gasteiger partial charge on any atom is 0.213 e. The molecule has 2 aromatic carbocycles. The molecule has 0 aliphatic carbocycles. The van der Waals surface area contributed by atoms with Gasteiger partial charge in [0.2, 0.25) is 11.6 Å². The molecule has 26 heavy (non-hydrogen) atoms. The molecule has 4 nitrogen and oxygen atoms in total. The Morgan fingerprint density at radius 2 is 1.42 bits per heavy atom.